The first-order valence-electron chi connectivity index (χ1n) is 9.51. The van der Waals surface area contributed by atoms with E-state index < -0.39 is 8.32 Å². The highest BCUT2D eigenvalue weighted by molar-refractivity contribution is 7.14. The number of carbonyl (C=O) groups is 2. The molecule has 0 saturated carbocycles. The van der Waals surface area contributed by atoms with E-state index in [2.05, 4.69) is 49.5 Å². The van der Waals surface area contributed by atoms with E-state index in [4.69, 9.17) is 10.2 Å². The minimum absolute atomic E-state index is 0.169. The third kappa shape index (κ3) is 6.15. The summed E-state index contributed by atoms with van der Waals surface area (Å²) < 4.78 is 7.74. The summed E-state index contributed by atoms with van der Waals surface area (Å²) in [6.07, 6.45) is 2.39. The van der Waals surface area contributed by atoms with Gasteiger partial charge in [0, 0.05) is 31.8 Å². The number of aromatic nitrogens is 2. The summed E-state index contributed by atoms with van der Waals surface area (Å²) in [5, 5.41) is 7.69. The Morgan fingerprint density at radius 3 is 2.59 bits per heavy atom. The maximum atomic E-state index is 12.3. The summed E-state index contributed by atoms with van der Waals surface area (Å²) >= 11 is 1.20. The number of thiazole rings is 1. The number of anilines is 2. The van der Waals surface area contributed by atoms with E-state index >= 15 is 0 Å². The van der Waals surface area contributed by atoms with E-state index in [-0.39, 0.29) is 22.5 Å². The van der Waals surface area contributed by atoms with Gasteiger partial charge >= 0.3 is 0 Å². The number of carbonyl (C=O) groups excluding carboxylic acids is 2. The first-order chi connectivity index (χ1) is 13.4. The average Bonchev–Trinajstić information content (AvgIpc) is 3.19. The lowest BCUT2D eigenvalue weighted by atomic mass is 10.2. The van der Waals surface area contributed by atoms with Gasteiger partial charge in [0.25, 0.3) is 11.8 Å². The largest absolute Gasteiger partial charge is 0.417 e. The smallest absolute Gasteiger partial charge is 0.274 e. The lowest BCUT2D eigenvalue weighted by molar-refractivity contribution is 0.0945. The minimum atomic E-state index is -1.76. The number of nitrogens with one attached hydrogen (secondary N) is 2. The molecule has 0 aliphatic heterocycles. The van der Waals surface area contributed by atoms with Crippen LogP contribution in [0.15, 0.2) is 17.6 Å². The van der Waals surface area contributed by atoms with Crippen LogP contribution < -0.4 is 16.4 Å². The maximum Gasteiger partial charge on any atom is 0.274 e. The summed E-state index contributed by atoms with van der Waals surface area (Å²) in [5.74, 6) is -0.592. The van der Waals surface area contributed by atoms with Crippen LogP contribution in [0.1, 0.15) is 48.2 Å². The molecular formula is C19H31N5O3SSi. The molecule has 10 heteroatoms. The molecule has 0 aliphatic rings. The van der Waals surface area contributed by atoms with E-state index in [1.165, 1.54) is 11.3 Å². The van der Waals surface area contributed by atoms with Crippen LogP contribution in [0, 0.1) is 0 Å². The van der Waals surface area contributed by atoms with Crippen molar-refractivity contribution in [2.24, 2.45) is 7.05 Å². The molecule has 0 atom stereocenters. The third-order valence-electron chi connectivity index (χ3n) is 5.09. The molecule has 0 fully saturated rings. The number of hydrogen-bond donors (Lipinski definition) is 3. The van der Waals surface area contributed by atoms with Crippen LogP contribution in [0.25, 0.3) is 0 Å². The lowest BCUT2D eigenvalue weighted by Crippen LogP contribution is -2.41. The zero-order valence-corrected chi connectivity index (χ0v) is 19.8. The van der Waals surface area contributed by atoms with Gasteiger partial charge in [0.2, 0.25) is 0 Å². The number of nitrogen functional groups attached to an aromatic ring is 1. The van der Waals surface area contributed by atoms with Crippen molar-refractivity contribution in [2.45, 2.75) is 45.3 Å². The normalized spacial score (nSPS) is 12.1. The fraction of sp³-hybridized carbons (Fsp3) is 0.526. The van der Waals surface area contributed by atoms with Crippen LogP contribution in [0.3, 0.4) is 0 Å². The van der Waals surface area contributed by atoms with Gasteiger partial charge in [0.1, 0.15) is 11.4 Å². The van der Waals surface area contributed by atoms with Crippen LogP contribution in [0.2, 0.25) is 18.1 Å². The molecule has 8 nitrogen and oxygen atoms in total. The van der Waals surface area contributed by atoms with E-state index in [1.54, 1.807) is 29.3 Å². The van der Waals surface area contributed by atoms with Crippen LogP contribution in [-0.4, -0.2) is 42.8 Å². The summed E-state index contributed by atoms with van der Waals surface area (Å²) in [6.45, 7) is 12.1. The fourth-order valence-corrected chi connectivity index (χ4v) is 4.09. The molecule has 2 rings (SSSR count). The number of nitrogens with zero attached hydrogens (tertiary/aromatic N) is 2. The van der Waals surface area contributed by atoms with Gasteiger partial charge in [-0.2, -0.15) is 0 Å². The molecule has 0 radical (unpaired) electrons. The van der Waals surface area contributed by atoms with Crippen LogP contribution >= 0.6 is 11.3 Å². The number of aryl methyl sites for hydroxylation is 1. The maximum absolute atomic E-state index is 12.3. The van der Waals surface area contributed by atoms with Gasteiger partial charge < -0.3 is 20.0 Å². The molecule has 0 aliphatic carbocycles. The van der Waals surface area contributed by atoms with Gasteiger partial charge in [-0.05, 0) is 30.6 Å². The zero-order valence-electron chi connectivity index (χ0n) is 18.0. The Morgan fingerprint density at radius 1 is 1.31 bits per heavy atom. The van der Waals surface area contributed by atoms with Gasteiger partial charge in [-0.15, -0.1) is 11.3 Å². The quantitative estimate of drug-likeness (QED) is 0.433. The van der Waals surface area contributed by atoms with Crippen molar-refractivity contribution in [1.29, 1.82) is 0 Å². The van der Waals surface area contributed by atoms with Crippen molar-refractivity contribution < 1.29 is 14.0 Å². The molecule has 0 saturated heterocycles. The number of rotatable bonds is 8. The topological polar surface area (TPSA) is 111 Å². The molecular weight excluding hydrogens is 406 g/mol. The molecule has 0 bridgehead atoms. The molecule has 0 spiro atoms. The Hall–Kier alpha value is -2.17. The standard InChI is InChI=1S/C19H31N5O3SSi/c1-19(2,3)29(5,6)27-9-7-8-21-16(25)14-12-28-18(22-14)23-17(26)15-10-13(20)11-24(15)4/h10-12H,7-9,20H2,1-6H3,(H,21,25)(H,22,23,26). The van der Waals surface area contributed by atoms with Gasteiger partial charge in [0.05, 0.1) is 5.69 Å². The Morgan fingerprint density at radius 2 is 2.00 bits per heavy atom. The number of nitrogens with two attached hydrogens (primary N) is 1. The van der Waals surface area contributed by atoms with Gasteiger partial charge in [-0.1, -0.05) is 20.8 Å². The van der Waals surface area contributed by atoms with Gasteiger partial charge in [0.15, 0.2) is 13.4 Å². The van der Waals surface area contributed by atoms with Crippen molar-refractivity contribution in [3.8, 4) is 0 Å². The molecule has 2 amide bonds. The first kappa shape index (κ1) is 23.1. The second-order valence-corrected chi connectivity index (χ2v) is 14.1. The molecule has 0 aromatic carbocycles. The van der Waals surface area contributed by atoms with E-state index in [9.17, 15) is 9.59 Å². The minimum Gasteiger partial charge on any atom is -0.417 e. The highest BCUT2D eigenvalue weighted by Crippen LogP contribution is 2.36. The van der Waals surface area contributed by atoms with Gasteiger partial charge in [-0.25, -0.2) is 4.98 Å². The van der Waals surface area contributed by atoms with Crippen molar-refractivity contribution in [3.05, 3.63) is 29.0 Å². The second kappa shape index (κ2) is 9.10. The summed E-state index contributed by atoms with van der Waals surface area (Å²) in [7, 11) is -0.0253. The second-order valence-electron chi connectivity index (χ2n) is 8.48. The predicted octanol–water partition coefficient (Wildman–Crippen LogP) is 3.46. The zero-order chi connectivity index (χ0) is 21.8. The molecule has 160 valence electrons. The molecule has 2 heterocycles. The van der Waals surface area contributed by atoms with Crippen molar-refractivity contribution >= 4 is 42.3 Å². The molecule has 2 aromatic rings. The molecule has 2 aromatic heterocycles. The summed E-state index contributed by atoms with van der Waals surface area (Å²) in [5.41, 5.74) is 6.90. The Labute approximate surface area is 177 Å². The summed E-state index contributed by atoms with van der Waals surface area (Å²) in [6, 6.07) is 1.59. The number of hydrogen-bond acceptors (Lipinski definition) is 6. The van der Waals surface area contributed by atoms with E-state index in [1.807, 2.05) is 0 Å². The number of amides is 2. The Balaban J connectivity index is 1.79. The molecule has 0 unspecified atom stereocenters. The highest BCUT2D eigenvalue weighted by atomic mass is 32.1. The third-order valence-corrected chi connectivity index (χ3v) is 10.4. The van der Waals surface area contributed by atoms with E-state index in [0.29, 0.717) is 29.7 Å². The van der Waals surface area contributed by atoms with Crippen LogP contribution in [0.5, 0.6) is 0 Å². The van der Waals surface area contributed by atoms with Crippen LogP contribution in [-0.2, 0) is 11.5 Å². The Bertz CT molecular complexity index is 870. The fourth-order valence-electron chi connectivity index (χ4n) is 2.32. The Kier molecular flexibility index (Phi) is 7.25. The molecule has 29 heavy (non-hydrogen) atoms. The van der Waals surface area contributed by atoms with Crippen molar-refractivity contribution in [1.82, 2.24) is 14.9 Å². The summed E-state index contributed by atoms with van der Waals surface area (Å²) in [4.78, 5) is 28.7. The highest BCUT2D eigenvalue weighted by Gasteiger charge is 2.36. The lowest BCUT2D eigenvalue weighted by Gasteiger charge is -2.36. The average molecular weight is 438 g/mol. The van der Waals surface area contributed by atoms with Crippen molar-refractivity contribution in [2.75, 3.05) is 24.2 Å². The van der Waals surface area contributed by atoms with Crippen LogP contribution in [0.4, 0.5) is 10.8 Å². The first-order valence-corrected chi connectivity index (χ1v) is 13.3. The van der Waals surface area contributed by atoms with Gasteiger partial charge in [-0.3, -0.25) is 14.9 Å². The predicted molar refractivity (Wildman–Crippen MR) is 120 cm³/mol. The van der Waals surface area contributed by atoms with Crippen molar-refractivity contribution in [3.63, 3.8) is 0 Å². The SMILES string of the molecule is Cn1cc(N)cc1C(=O)Nc1nc(C(=O)NCCCO[Si](C)(C)C(C)(C)C)cs1. The van der Waals surface area contributed by atoms with E-state index in [0.717, 1.165) is 6.42 Å². The molecule has 4 N–H and O–H groups in total. The monoisotopic (exact) mass is 437 g/mol.